The first-order valence-corrected chi connectivity index (χ1v) is 6.42. The lowest BCUT2D eigenvalue weighted by molar-refractivity contribution is -0.122. The molecule has 0 spiro atoms. The molecule has 18 heavy (non-hydrogen) atoms. The quantitative estimate of drug-likeness (QED) is 0.217. The second-order valence-corrected chi connectivity index (χ2v) is 4.77. The summed E-state index contributed by atoms with van der Waals surface area (Å²) < 4.78 is 4.91. The fourth-order valence-corrected chi connectivity index (χ4v) is 2.40. The van der Waals surface area contributed by atoms with E-state index in [1.54, 1.807) is 7.11 Å². The number of carbonyl (C=O) groups is 1. The van der Waals surface area contributed by atoms with E-state index in [9.17, 15) is 4.79 Å². The Morgan fingerprint density at radius 1 is 1.44 bits per heavy atom. The Bertz CT molecular complexity index is 299. The van der Waals surface area contributed by atoms with Crippen molar-refractivity contribution in [2.24, 2.45) is 10.9 Å². The smallest absolute Gasteiger partial charge is 0.220 e. The lowest BCUT2D eigenvalue weighted by Crippen LogP contribution is -2.58. The van der Waals surface area contributed by atoms with Gasteiger partial charge >= 0.3 is 0 Å². The molecule has 1 saturated carbocycles. The number of nitrogens with zero attached hydrogens (tertiary/aromatic N) is 1. The fraction of sp³-hybridized carbons (Fsp3) is 0.833. The third-order valence-corrected chi connectivity index (χ3v) is 3.44. The highest BCUT2D eigenvalue weighted by molar-refractivity contribution is 5.94. The van der Waals surface area contributed by atoms with Gasteiger partial charge in [0.1, 0.15) is 5.54 Å². The van der Waals surface area contributed by atoms with Crippen molar-refractivity contribution >= 4 is 11.7 Å². The molecule has 0 radical (unpaired) electrons. The first-order chi connectivity index (χ1) is 8.64. The van der Waals surface area contributed by atoms with E-state index in [1.165, 1.54) is 0 Å². The number of ether oxygens (including phenoxy) is 1. The van der Waals surface area contributed by atoms with E-state index in [4.69, 9.17) is 15.7 Å². The number of rotatable bonds is 6. The number of nitrogens with one attached hydrogen (secondary N) is 1. The number of hydrogen-bond donors (Lipinski definition) is 3. The summed E-state index contributed by atoms with van der Waals surface area (Å²) in [6, 6.07) is 0. The predicted octanol–water partition coefficient (Wildman–Crippen LogP) is 0.979. The Morgan fingerprint density at radius 2 is 2.11 bits per heavy atom. The van der Waals surface area contributed by atoms with E-state index in [2.05, 4.69) is 10.5 Å². The average Bonchev–Trinajstić information content (AvgIpc) is 2.39. The number of oxime groups is 1. The maximum atomic E-state index is 11.9. The highest BCUT2D eigenvalue weighted by Gasteiger charge is 2.37. The summed E-state index contributed by atoms with van der Waals surface area (Å²) in [5, 5.41) is 14.9. The molecule has 0 aromatic carbocycles. The summed E-state index contributed by atoms with van der Waals surface area (Å²) in [6.07, 6.45) is 5.63. The van der Waals surface area contributed by atoms with Crippen molar-refractivity contribution in [3.05, 3.63) is 0 Å². The number of nitrogens with two attached hydrogens (primary N) is 1. The van der Waals surface area contributed by atoms with Crippen LogP contribution in [0.3, 0.4) is 0 Å². The van der Waals surface area contributed by atoms with Crippen molar-refractivity contribution in [2.45, 2.75) is 50.5 Å². The van der Waals surface area contributed by atoms with Gasteiger partial charge in [0.05, 0.1) is 0 Å². The van der Waals surface area contributed by atoms with Gasteiger partial charge in [0.2, 0.25) is 5.91 Å². The number of hydrogen-bond acceptors (Lipinski definition) is 4. The Balaban J connectivity index is 2.58. The third kappa shape index (κ3) is 3.87. The summed E-state index contributed by atoms with van der Waals surface area (Å²) >= 11 is 0. The Morgan fingerprint density at radius 3 is 2.67 bits per heavy atom. The molecule has 0 atom stereocenters. The number of amides is 1. The Hall–Kier alpha value is -1.30. The molecule has 0 aromatic rings. The van der Waals surface area contributed by atoms with Crippen LogP contribution in [-0.2, 0) is 9.53 Å². The van der Waals surface area contributed by atoms with Crippen LogP contribution in [0.1, 0.15) is 44.9 Å². The van der Waals surface area contributed by atoms with Gasteiger partial charge < -0.3 is 21.0 Å². The van der Waals surface area contributed by atoms with Crippen LogP contribution in [0.2, 0.25) is 0 Å². The maximum Gasteiger partial charge on any atom is 0.220 e. The van der Waals surface area contributed by atoms with Crippen molar-refractivity contribution in [1.82, 2.24) is 5.32 Å². The van der Waals surface area contributed by atoms with Crippen LogP contribution in [0, 0.1) is 0 Å². The minimum Gasteiger partial charge on any atom is -0.409 e. The summed E-state index contributed by atoms with van der Waals surface area (Å²) in [5.41, 5.74) is 5.09. The molecule has 0 aromatic heterocycles. The molecule has 0 heterocycles. The van der Waals surface area contributed by atoms with E-state index in [0.717, 1.165) is 32.1 Å². The summed E-state index contributed by atoms with van der Waals surface area (Å²) in [4.78, 5) is 11.9. The zero-order valence-electron chi connectivity index (χ0n) is 10.9. The number of methoxy groups -OCH3 is 1. The molecule has 1 rings (SSSR count). The van der Waals surface area contributed by atoms with Gasteiger partial charge in [-0.25, -0.2) is 0 Å². The number of carbonyl (C=O) groups excluding carboxylic acids is 1. The molecule has 0 aliphatic heterocycles. The predicted molar refractivity (Wildman–Crippen MR) is 68.5 cm³/mol. The van der Waals surface area contributed by atoms with Gasteiger partial charge in [0, 0.05) is 20.1 Å². The van der Waals surface area contributed by atoms with Gasteiger partial charge in [-0.2, -0.15) is 0 Å². The molecule has 0 saturated heterocycles. The van der Waals surface area contributed by atoms with Gasteiger partial charge in [0.15, 0.2) is 5.84 Å². The Labute approximate surface area is 108 Å². The molecule has 1 aliphatic carbocycles. The van der Waals surface area contributed by atoms with Crippen molar-refractivity contribution < 1.29 is 14.7 Å². The molecular weight excluding hydrogens is 234 g/mol. The second kappa shape index (κ2) is 7.20. The zero-order valence-corrected chi connectivity index (χ0v) is 10.9. The van der Waals surface area contributed by atoms with Crippen molar-refractivity contribution in [2.75, 3.05) is 13.7 Å². The monoisotopic (exact) mass is 257 g/mol. The van der Waals surface area contributed by atoms with Crippen LogP contribution in [-0.4, -0.2) is 36.2 Å². The topological polar surface area (TPSA) is 96.9 Å². The molecule has 104 valence electrons. The molecule has 0 unspecified atom stereocenters. The van der Waals surface area contributed by atoms with Crippen molar-refractivity contribution in [1.29, 1.82) is 0 Å². The summed E-state index contributed by atoms with van der Waals surface area (Å²) in [6.45, 7) is 0.560. The third-order valence-electron chi connectivity index (χ3n) is 3.44. The molecule has 1 amide bonds. The van der Waals surface area contributed by atoms with Gasteiger partial charge in [-0.05, 0) is 19.3 Å². The van der Waals surface area contributed by atoms with E-state index in [0.29, 0.717) is 19.4 Å². The highest BCUT2D eigenvalue weighted by atomic mass is 16.5. The molecule has 6 heteroatoms. The van der Waals surface area contributed by atoms with E-state index in [1.807, 2.05) is 0 Å². The van der Waals surface area contributed by atoms with Crippen LogP contribution in [0.15, 0.2) is 5.16 Å². The molecule has 0 bridgehead atoms. The molecule has 6 nitrogen and oxygen atoms in total. The summed E-state index contributed by atoms with van der Waals surface area (Å²) in [7, 11) is 1.61. The first-order valence-electron chi connectivity index (χ1n) is 6.42. The average molecular weight is 257 g/mol. The normalized spacial score (nSPS) is 19.5. The van der Waals surface area contributed by atoms with Crippen LogP contribution < -0.4 is 11.1 Å². The van der Waals surface area contributed by atoms with Crippen molar-refractivity contribution in [3.63, 3.8) is 0 Å². The largest absolute Gasteiger partial charge is 0.409 e. The van der Waals surface area contributed by atoms with Crippen LogP contribution >= 0.6 is 0 Å². The van der Waals surface area contributed by atoms with E-state index < -0.39 is 5.54 Å². The minimum atomic E-state index is -0.656. The zero-order chi connectivity index (χ0) is 13.4. The standard InChI is InChI=1S/C12H23N3O3/c1-18-9-5-6-10(16)14-12(11(13)15-17)7-3-2-4-8-12/h17H,2-9H2,1H3,(H2,13,15)(H,14,16). The van der Waals surface area contributed by atoms with Crippen molar-refractivity contribution in [3.8, 4) is 0 Å². The van der Waals surface area contributed by atoms with E-state index >= 15 is 0 Å². The van der Waals surface area contributed by atoms with Gasteiger partial charge in [0.25, 0.3) is 0 Å². The fourth-order valence-electron chi connectivity index (χ4n) is 2.40. The Kier molecular flexibility index (Phi) is 5.91. The van der Waals surface area contributed by atoms with Crippen LogP contribution in [0.5, 0.6) is 0 Å². The molecule has 1 aliphatic rings. The van der Waals surface area contributed by atoms with E-state index in [-0.39, 0.29) is 11.7 Å². The molecule has 4 N–H and O–H groups in total. The molecular formula is C12H23N3O3. The first kappa shape index (κ1) is 14.8. The maximum absolute atomic E-state index is 11.9. The second-order valence-electron chi connectivity index (χ2n) is 4.77. The molecule has 1 fully saturated rings. The lowest BCUT2D eigenvalue weighted by atomic mass is 9.80. The minimum absolute atomic E-state index is 0.0689. The van der Waals surface area contributed by atoms with Crippen LogP contribution in [0.25, 0.3) is 0 Å². The van der Waals surface area contributed by atoms with Gasteiger partial charge in [-0.1, -0.05) is 24.4 Å². The SMILES string of the molecule is COCCCC(=O)NC1(C(N)=NO)CCCCC1. The number of amidine groups is 1. The lowest BCUT2D eigenvalue weighted by Gasteiger charge is -2.36. The highest BCUT2D eigenvalue weighted by Crippen LogP contribution is 2.28. The van der Waals surface area contributed by atoms with Crippen LogP contribution in [0.4, 0.5) is 0 Å². The van der Waals surface area contributed by atoms with Gasteiger partial charge in [-0.15, -0.1) is 0 Å². The summed E-state index contributed by atoms with van der Waals surface area (Å²) in [5.74, 6) is 0.0443. The van der Waals surface area contributed by atoms with Gasteiger partial charge in [-0.3, -0.25) is 4.79 Å².